The topological polar surface area (TPSA) is 56.7 Å². The number of hydrogen-bond donors (Lipinski definition) is 1. The Labute approximate surface area is 84.5 Å². The number of nitrogens with zero attached hydrogens (tertiary/aromatic N) is 3. The fraction of sp³-hybridized carbons (Fsp3) is 0.800. The van der Waals surface area contributed by atoms with E-state index in [4.69, 9.17) is 5.73 Å². The summed E-state index contributed by atoms with van der Waals surface area (Å²) >= 11 is 0. The fourth-order valence-corrected chi connectivity index (χ4v) is 1.81. The molecule has 14 heavy (non-hydrogen) atoms. The van der Waals surface area contributed by atoms with E-state index in [-0.39, 0.29) is 0 Å². The minimum absolute atomic E-state index is 0.732. The zero-order valence-corrected chi connectivity index (χ0v) is 8.52. The summed E-state index contributed by atoms with van der Waals surface area (Å²) in [4.78, 5) is 4.26. The van der Waals surface area contributed by atoms with Gasteiger partial charge in [-0.2, -0.15) is 5.10 Å². The molecule has 1 aromatic rings. The minimum atomic E-state index is 0.732. The Morgan fingerprint density at radius 1 is 1.50 bits per heavy atom. The lowest BCUT2D eigenvalue weighted by molar-refractivity contribution is 0.262. The molecule has 0 radical (unpaired) electrons. The van der Waals surface area contributed by atoms with Crippen molar-refractivity contribution in [1.29, 1.82) is 0 Å². The molecule has 0 spiro atoms. The van der Waals surface area contributed by atoms with Gasteiger partial charge in [0.2, 0.25) is 0 Å². The van der Waals surface area contributed by atoms with Crippen molar-refractivity contribution < 1.29 is 0 Å². The van der Waals surface area contributed by atoms with Crippen molar-refractivity contribution in [3.8, 4) is 0 Å². The Morgan fingerprint density at radius 3 is 3.00 bits per heavy atom. The molecule has 0 amide bonds. The van der Waals surface area contributed by atoms with E-state index in [0.717, 1.165) is 37.7 Å². The van der Waals surface area contributed by atoms with Crippen molar-refractivity contribution >= 4 is 0 Å². The molecule has 1 aliphatic carbocycles. The van der Waals surface area contributed by atoms with Gasteiger partial charge in [-0.05, 0) is 31.7 Å². The molecule has 1 fully saturated rings. The molecule has 0 bridgehead atoms. The maximum atomic E-state index is 5.48. The predicted octanol–water partition coefficient (Wildman–Crippen LogP) is 0.969. The molecule has 78 valence electrons. The second-order valence-electron chi connectivity index (χ2n) is 4.05. The van der Waals surface area contributed by atoms with Crippen LogP contribution in [0.2, 0.25) is 0 Å². The lowest BCUT2D eigenvalue weighted by Gasteiger charge is -2.25. The highest BCUT2D eigenvalue weighted by atomic mass is 15.3. The molecule has 1 heterocycles. The van der Waals surface area contributed by atoms with Crippen molar-refractivity contribution in [1.82, 2.24) is 14.8 Å². The molecule has 0 unspecified atom stereocenters. The van der Waals surface area contributed by atoms with Crippen LogP contribution in [0.1, 0.15) is 31.5 Å². The monoisotopic (exact) mass is 194 g/mol. The van der Waals surface area contributed by atoms with Crippen LogP contribution in [0.15, 0.2) is 6.33 Å². The first kappa shape index (κ1) is 9.65. The van der Waals surface area contributed by atoms with E-state index in [9.17, 15) is 0 Å². The van der Waals surface area contributed by atoms with E-state index < -0.39 is 0 Å². The molecule has 2 rings (SSSR count). The number of rotatable bonds is 5. The number of aryl methyl sites for hydroxylation is 1. The van der Waals surface area contributed by atoms with Crippen molar-refractivity contribution in [3.63, 3.8) is 0 Å². The molecule has 2 N–H and O–H groups in total. The van der Waals surface area contributed by atoms with E-state index >= 15 is 0 Å². The highest BCUT2D eigenvalue weighted by Crippen LogP contribution is 2.27. The average molecular weight is 194 g/mol. The van der Waals surface area contributed by atoms with Gasteiger partial charge in [0.05, 0.1) is 0 Å². The highest BCUT2D eigenvalue weighted by molar-refractivity contribution is 4.86. The molecule has 0 atom stereocenters. The minimum Gasteiger partial charge on any atom is -0.330 e. The Morgan fingerprint density at radius 2 is 2.36 bits per heavy atom. The largest absolute Gasteiger partial charge is 0.330 e. The first-order chi connectivity index (χ1) is 6.90. The quantitative estimate of drug-likeness (QED) is 0.760. The van der Waals surface area contributed by atoms with Gasteiger partial charge in [0.15, 0.2) is 0 Å². The predicted molar refractivity (Wildman–Crippen MR) is 54.7 cm³/mol. The zero-order valence-electron chi connectivity index (χ0n) is 8.52. The third-order valence-corrected chi connectivity index (χ3v) is 2.96. The van der Waals surface area contributed by atoms with Crippen LogP contribution in [-0.4, -0.2) is 21.3 Å². The number of hydrogen-bond acceptors (Lipinski definition) is 3. The van der Waals surface area contributed by atoms with E-state index in [1.807, 2.05) is 0 Å². The summed E-state index contributed by atoms with van der Waals surface area (Å²) in [5.74, 6) is 1.94. The smallest absolute Gasteiger partial charge is 0.138 e. The van der Waals surface area contributed by atoms with Crippen LogP contribution in [0.4, 0.5) is 0 Å². The highest BCUT2D eigenvalue weighted by Gasteiger charge is 2.19. The Balaban J connectivity index is 1.90. The van der Waals surface area contributed by atoms with Crippen LogP contribution in [0.25, 0.3) is 0 Å². The summed E-state index contributed by atoms with van der Waals surface area (Å²) in [6, 6.07) is 0. The second-order valence-corrected chi connectivity index (χ2v) is 4.05. The average Bonchev–Trinajstić information content (AvgIpc) is 2.55. The molecule has 0 aliphatic heterocycles. The molecular formula is C10H18N4. The Hall–Kier alpha value is -0.900. The van der Waals surface area contributed by atoms with Crippen molar-refractivity contribution in [2.45, 2.75) is 38.6 Å². The number of nitrogens with two attached hydrogens (primary N) is 1. The van der Waals surface area contributed by atoms with Gasteiger partial charge in [0, 0.05) is 13.0 Å². The normalized spacial score (nSPS) is 16.9. The van der Waals surface area contributed by atoms with Crippen molar-refractivity contribution in [2.75, 3.05) is 6.54 Å². The molecule has 4 heteroatoms. The maximum Gasteiger partial charge on any atom is 0.138 e. The molecular weight excluding hydrogens is 176 g/mol. The standard InChI is InChI=1S/C10H18N4/c11-6-2-5-10-12-8-13-14(10)7-9-3-1-4-9/h8-9H,1-7,11H2. The summed E-state index contributed by atoms with van der Waals surface area (Å²) in [5.41, 5.74) is 5.48. The molecule has 1 aliphatic rings. The van der Waals surface area contributed by atoms with Crippen LogP contribution in [0, 0.1) is 5.92 Å². The van der Waals surface area contributed by atoms with Gasteiger partial charge in [0.1, 0.15) is 12.2 Å². The first-order valence-electron chi connectivity index (χ1n) is 5.47. The molecule has 0 aromatic carbocycles. The Bertz CT molecular complexity index is 277. The van der Waals surface area contributed by atoms with E-state index in [2.05, 4.69) is 14.8 Å². The zero-order chi connectivity index (χ0) is 9.80. The maximum absolute atomic E-state index is 5.48. The van der Waals surface area contributed by atoms with E-state index in [1.54, 1.807) is 6.33 Å². The lowest BCUT2D eigenvalue weighted by atomic mass is 9.85. The summed E-state index contributed by atoms with van der Waals surface area (Å²) in [6.45, 7) is 1.79. The van der Waals surface area contributed by atoms with Gasteiger partial charge in [-0.1, -0.05) is 6.42 Å². The molecule has 4 nitrogen and oxygen atoms in total. The SMILES string of the molecule is NCCCc1ncnn1CC1CCC1. The third-order valence-electron chi connectivity index (χ3n) is 2.96. The third kappa shape index (κ3) is 2.12. The molecule has 1 saturated carbocycles. The molecule has 1 aromatic heterocycles. The van der Waals surface area contributed by atoms with Crippen LogP contribution < -0.4 is 5.73 Å². The fourth-order valence-electron chi connectivity index (χ4n) is 1.81. The van der Waals surface area contributed by atoms with Gasteiger partial charge < -0.3 is 5.73 Å². The second kappa shape index (κ2) is 4.55. The van der Waals surface area contributed by atoms with Gasteiger partial charge in [-0.25, -0.2) is 9.67 Å². The number of aromatic nitrogens is 3. The van der Waals surface area contributed by atoms with Crippen molar-refractivity contribution in [2.24, 2.45) is 11.7 Å². The summed E-state index contributed by atoms with van der Waals surface area (Å²) in [7, 11) is 0. The van der Waals surface area contributed by atoms with Gasteiger partial charge in [-0.3, -0.25) is 0 Å². The summed E-state index contributed by atoms with van der Waals surface area (Å²) in [6.07, 6.45) is 7.72. The Kier molecular flexibility index (Phi) is 3.14. The van der Waals surface area contributed by atoms with Gasteiger partial charge in [-0.15, -0.1) is 0 Å². The van der Waals surface area contributed by atoms with E-state index in [0.29, 0.717) is 0 Å². The molecule has 0 saturated heterocycles. The van der Waals surface area contributed by atoms with Crippen molar-refractivity contribution in [3.05, 3.63) is 12.2 Å². The van der Waals surface area contributed by atoms with Crippen LogP contribution >= 0.6 is 0 Å². The van der Waals surface area contributed by atoms with E-state index in [1.165, 1.54) is 19.3 Å². The summed E-state index contributed by atoms with van der Waals surface area (Å²) in [5, 5.41) is 4.26. The first-order valence-corrected chi connectivity index (χ1v) is 5.47. The van der Waals surface area contributed by atoms with Crippen LogP contribution in [0.5, 0.6) is 0 Å². The van der Waals surface area contributed by atoms with Crippen LogP contribution in [-0.2, 0) is 13.0 Å². The van der Waals surface area contributed by atoms with Crippen LogP contribution in [0.3, 0.4) is 0 Å². The van der Waals surface area contributed by atoms with Gasteiger partial charge >= 0.3 is 0 Å². The summed E-state index contributed by atoms with van der Waals surface area (Å²) < 4.78 is 2.06. The van der Waals surface area contributed by atoms with Gasteiger partial charge in [0.25, 0.3) is 0 Å². The lowest BCUT2D eigenvalue weighted by Crippen LogP contribution is -2.20.